The molecule has 0 spiro atoms. The van der Waals surface area contributed by atoms with Gasteiger partial charge in [-0.2, -0.15) is 5.10 Å². The van der Waals surface area contributed by atoms with Gasteiger partial charge in [0, 0.05) is 5.69 Å². The molecular formula is C19H18ClN3O2. The predicted molar refractivity (Wildman–Crippen MR) is 98.9 cm³/mol. The van der Waals surface area contributed by atoms with E-state index >= 15 is 0 Å². The Morgan fingerprint density at radius 3 is 2.48 bits per heavy atom. The number of anilines is 1. The highest BCUT2D eigenvalue weighted by molar-refractivity contribution is 6.34. The number of aryl methyl sites for hydroxylation is 1. The number of hydrogen-bond donors (Lipinski definition) is 1. The van der Waals surface area contributed by atoms with Gasteiger partial charge in [0.2, 0.25) is 0 Å². The van der Waals surface area contributed by atoms with Crippen molar-refractivity contribution in [2.24, 2.45) is 0 Å². The number of hydrogen-bond acceptors (Lipinski definition) is 3. The molecule has 0 fully saturated rings. The Labute approximate surface area is 151 Å². The maximum atomic E-state index is 12.6. The summed E-state index contributed by atoms with van der Waals surface area (Å²) in [6.45, 7) is 4.28. The first-order chi connectivity index (χ1) is 12.1. The fraction of sp³-hybridized carbons (Fsp3) is 0.158. The normalized spacial score (nSPS) is 10.5. The molecule has 3 aromatic rings. The molecule has 1 aromatic heterocycles. The van der Waals surface area contributed by atoms with E-state index in [2.05, 4.69) is 10.4 Å². The average Bonchev–Trinajstić information content (AvgIpc) is 2.92. The lowest BCUT2D eigenvalue weighted by Crippen LogP contribution is -2.13. The first-order valence-corrected chi connectivity index (χ1v) is 8.32. The van der Waals surface area contributed by atoms with Crippen molar-refractivity contribution in [3.05, 3.63) is 71.0 Å². The maximum Gasteiger partial charge on any atom is 0.260 e. The SMILES string of the molecule is CCOc1ccc(NC(=O)c2c(C)nn(-c3ccccc3)c2Cl)cc1. The molecule has 5 nitrogen and oxygen atoms in total. The Kier molecular flexibility index (Phi) is 5.05. The van der Waals surface area contributed by atoms with Crippen LogP contribution >= 0.6 is 11.6 Å². The highest BCUT2D eigenvalue weighted by Gasteiger charge is 2.21. The molecule has 3 rings (SSSR count). The maximum absolute atomic E-state index is 12.6. The molecule has 0 atom stereocenters. The van der Waals surface area contributed by atoms with Crippen LogP contribution in [0.5, 0.6) is 5.75 Å². The zero-order valence-corrected chi connectivity index (χ0v) is 14.7. The summed E-state index contributed by atoms with van der Waals surface area (Å²) < 4.78 is 6.95. The number of carbonyl (C=O) groups excluding carboxylic acids is 1. The number of para-hydroxylation sites is 1. The summed E-state index contributed by atoms with van der Waals surface area (Å²) in [7, 11) is 0. The minimum absolute atomic E-state index is 0.284. The predicted octanol–water partition coefficient (Wildman–Crippen LogP) is 4.49. The smallest absolute Gasteiger partial charge is 0.260 e. The van der Waals surface area contributed by atoms with Gasteiger partial charge in [-0.25, -0.2) is 4.68 Å². The van der Waals surface area contributed by atoms with E-state index in [-0.39, 0.29) is 11.1 Å². The van der Waals surface area contributed by atoms with Crippen LogP contribution in [-0.4, -0.2) is 22.3 Å². The van der Waals surface area contributed by atoms with Crippen molar-refractivity contribution in [3.63, 3.8) is 0 Å². The second-order valence-electron chi connectivity index (χ2n) is 5.41. The minimum atomic E-state index is -0.297. The lowest BCUT2D eigenvalue weighted by molar-refractivity contribution is 0.102. The topological polar surface area (TPSA) is 56.1 Å². The summed E-state index contributed by atoms with van der Waals surface area (Å²) in [6.07, 6.45) is 0. The van der Waals surface area contributed by atoms with Crippen LogP contribution in [0.25, 0.3) is 5.69 Å². The average molecular weight is 356 g/mol. The van der Waals surface area contributed by atoms with Gasteiger partial charge < -0.3 is 10.1 Å². The van der Waals surface area contributed by atoms with Crippen molar-refractivity contribution in [3.8, 4) is 11.4 Å². The number of rotatable bonds is 5. The van der Waals surface area contributed by atoms with E-state index in [1.54, 1.807) is 35.9 Å². The zero-order chi connectivity index (χ0) is 17.8. The highest BCUT2D eigenvalue weighted by Crippen LogP contribution is 2.25. The summed E-state index contributed by atoms with van der Waals surface area (Å²) in [4.78, 5) is 12.6. The molecule has 0 saturated heterocycles. The van der Waals surface area contributed by atoms with Crippen molar-refractivity contribution < 1.29 is 9.53 Å². The van der Waals surface area contributed by atoms with E-state index in [1.165, 1.54) is 0 Å². The van der Waals surface area contributed by atoms with Gasteiger partial charge >= 0.3 is 0 Å². The van der Waals surface area contributed by atoms with Gasteiger partial charge in [-0.05, 0) is 50.2 Å². The molecule has 0 aliphatic carbocycles. The Balaban J connectivity index is 1.84. The molecule has 1 heterocycles. The van der Waals surface area contributed by atoms with Crippen LogP contribution in [0.4, 0.5) is 5.69 Å². The number of aromatic nitrogens is 2. The Bertz CT molecular complexity index is 874. The molecule has 25 heavy (non-hydrogen) atoms. The van der Waals surface area contributed by atoms with E-state index < -0.39 is 0 Å². The highest BCUT2D eigenvalue weighted by atomic mass is 35.5. The van der Waals surface area contributed by atoms with Crippen LogP contribution in [0.1, 0.15) is 23.0 Å². The largest absolute Gasteiger partial charge is 0.494 e. The number of nitrogens with one attached hydrogen (secondary N) is 1. The molecule has 1 amide bonds. The molecule has 0 bridgehead atoms. The van der Waals surface area contributed by atoms with Gasteiger partial charge in [-0.15, -0.1) is 0 Å². The van der Waals surface area contributed by atoms with Crippen molar-refractivity contribution in [2.45, 2.75) is 13.8 Å². The van der Waals surface area contributed by atoms with Gasteiger partial charge in [0.25, 0.3) is 5.91 Å². The molecule has 2 aromatic carbocycles. The lowest BCUT2D eigenvalue weighted by atomic mass is 10.2. The van der Waals surface area contributed by atoms with Gasteiger partial charge in [-0.3, -0.25) is 4.79 Å². The summed E-state index contributed by atoms with van der Waals surface area (Å²) in [5.74, 6) is 0.459. The van der Waals surface area contributed by atoms with Crippen LogP contribution in [0, 0.1) is 6.92 Å². The van der Waals surface area contributed by atoms with Gasteiger partial charge in [0.05, 0.1) is 18.0 Å². The number of amides is 1. The second-order valence-corrected chi connectivity index (χ2v) is 5.77. The van der Waals surface area contributed by atoms with Gasteiger partial charge in [0.1, 0.15) is 16.5 Å². The van der Waals surface area contributed by atoms with Crippen LogP contribution in [0.3, 0.4) is 0 Å². The number of nitrogens with zero attached hydrogens (tertiary/aromatic N) is 2. The van der Waals surface area contributed by atoms with E-state index in [4.69, 9.17) is 16.3 Å². The van der Waals surface area contributed by atoms with Crippen molar-refractivity contribution in [1.29, 1.82) is 0 Å². The van der Waals surface area contributed by atoms with E-state index in [0.29, 0.717) is 23.6 Å². The molecular weight excluding hydrogens is 338 g/mol. The number of ether oxygens (including phenoxy) is 1. The summed E-state index contributed by atoms with van der Waals surface area (Å²) in [6, 6.07) is 16.6. The third kappa shape index (κ3) is 3.67. The summed E-state index contributed by atoms with van der Waals surface area (Å²) in [5.41, 5.74) is 2.39. The standard InChI is InChI=1S/C19H18ClN3O2/c1-3-25-16-11-9-14(10-12-16)21-19(24)17-13(2)22-23(18(17)20)15-7-5-4-6-8-15/h4-12H,3H2,1-2H3,(H,21,24). The first-order valence-electron chi connectivity index (χ1n) is 7.95. The van der Waals surface area contributed by atoms with Gasteiger partial charge in [0.15, 0.2) is 0 Å². The molecule has 0 saturated carbocycles. The third-order valence-corrected chi connectivity index (χ3v) is 4.00. The lowest BCUT2D eigenvalue weighted by Gasteiger charge is -2.07. The third-order valence-electron chi connectivity index (χ3n) is 3.66. The number of halogens is 1. The van der Waals surface area contributed by atoms with E-state index in [1.807, 2.05) is 37.3 Å². The molecule has 128 valence electrons. The molecule has 0 radical (unpaired) electrons. The fourth-order valence-corrected chi connectivity index (χ4v) is 2.85. The second kappa shape index (κ2) is 7.40. The molecule has 6 heteroatoms. The van der Waals surface area contributed by atoms with Crippen LogP contribution in [0.15, 0.2) is 54.6 Å². The van der Waals surface area contributed by atoms with Gasteiger partial charge in [-0.1, -0.05) is 29.8 Å². The van der Waals surface area contributed by atoms with E-state index in [9.17, 15) is 4.79 Å². The van der Waals surface area contributed by atoms with Crippen molar-refractivity contribution >= 4 is 23.2 Å². The molecule has 1 N–H and O–H groups in total. The Morgan fingerprint density at radius 1 is 1.16 bits per heavy atom. The fourth-order valence-electron chi connectivity index (χ4n) is 2.49. The monoisotopic (exact) mass is 355 g/mol. The Hall–Kier alpha value is -2.79. The zero-order valence-electron chi connectivity index (χ0n) is 14.0. The minimum Gasteiger partial charge on any atom is -0.494 e. The van der Waals surface area contributed by atoms with Crippen LogP contribution in [0.2, 0.25) is 5.15 Å². The molecule has 0 aliphatic rings. The molecule has 0 aliphatic heterocycles. The van der Waals surface area contributed by atoms with Crippen molar-refractivity contribution in [1.82, 2.24) is 9.78 Å². The first kappa shape index (κ1) is 17.0. The summed E-state index contributed by atoms with van der Waals surface area (Å²) >= 11 is 6.41. The van der Waals surface area contributed by atoms with E-state index in [0.717, 1.165) is 11.4 Å². The van der Waals surface area contributed by atoms with Crippen molar-refractivity contribution in [2.75, 3.05) is 11.9 Å². The number of carbonyl (C=O) groups is 1. The summed E-state index contributed by atoms with van der Waals surface area (Å²) in [5, 5.41) is 7.51. The number of benzene rings is 2. The Morgan fingerprint density at radius 2 is 1.84 bits per heavy atom. The molecule has 0 unspecified atom stereocenters. The van der Waals surface area contributed by atoms with Crippen LogP contribution < -0.4 is 10.1 Å². The van der Waals surface area contributed by atoms with Crippen LogP contribution in [-0.2, 0) is 0 Å². The quantitative estimate of drug-likeness (QED) is 0.733.